The molecule has 0 amide bonds. The van der Waals surface area contributed by atoms with Gasteiger partial charge in [-0.25, -0.2) is 4.98 Å². The summed E-state index contributed by atoms with van der Waals surface area (Å²) in [6.45, 7) is 9.09. The fourth-order valence-corrected chi connectivity index (χ4v) is 2.74. The number of rotatable bonds is 7. The predicted molar refractivity (Wildman–Crippen MR) is 73.0 cm³/mol. The number of hydrogen-bond acceptors (Lipinski definition) is 2. The van der Waals surface area contributed by atoms with Crippen molar-refractivity contribution in [3.63, 3.8) is 0 Å². The van der Waals surface area contributed by atoms with Gasteiger partial charge in [-0.15, -0.1) is 11.3 Å². The zero-order chi connectivity index (χ0) is 12.0. The topological polar surface area (TPSA) is 12.9 Å². The highest BCUT2D eigenvalue weighted by Crippen LogP contribution is 2.20. The van der Waals surface area contributed by atoms with Crippen molar-refractivity contribution in [2.45, 2.75) is 59.8 Å². The Kier molecular flexibility index (Phi) is 6.04. The molecule has 1 aromatic heterocycles. The van der Waals surface area contributed by atoms with Crippen molar-refractivity contribution in [3.8, 4) is 0 Å². The molecule has 0 aromatic carbocycles. The summed E-state index contributed by atoms with van der Waals surface area (Å²) in [6, 6.07) is 0. The summed E-state index contributed by atoms with van der Waals surface area (Å²) in [5, 5.41) is 1.20. The SMILES string of the molecule is Cc1ncc(CCC(C)CCCC(C)C)s1. The van der Waals surface area contributed by atoms with Gasteiger partial charge in [0.2, 0.25) is 0 Å². The highest BCUT2D eigenvalue weighted by molar-refractivity contribution is 7.11. The minimum Gasteiger partial charge on any atom is -0.250 e. The molecule has 0 spiro atoms. The Morgan fingerprint density at radius 2 is 1.94 bits per heavy atom. The van der Waals surface area contributed by atoms with Crippen LogP contribution in [0.25, 0.3) is 0 Å². The first kappa shape index (κ1) is 13.7. The number of nitrogens with zero attached hydrogens (tertiary/aromatic N) is 1. The maximum atomic E-state index is 4.30. The summed E-state index contributed by atoms with van der Waals surface area (Å²) in [4.78, 5) is 5.75. The largest absolute Gasteiger partial charge is 0.250 e. The summed E-state index contributed by atoms with van der Waals surface area (Å²) in [6.07, 6.45) is 8.73. The number of hydrogen-bond donors (Lipinski definition) is 0. The van der Waals surface area contributed by atoms with Crippen LogP contribution in [-0.2, 0) is 6.42 Å². The van der Waals surface area contributed by atoms with E-state index in [1.54, 1.807) is 0 Å². The van der Waals surface area contributed by atoms with Crippen molar-refractivity contribution in [2.24, 2.45) is 11.8 Å². The molecule has 92 valence electrons. The molecule has 1 unspecified atom stereocenters. The second-order valence-electron chi connectivity index (χ2n) is 5.31. The zero-order valence-corrected chi connectivity index (χ0v) is 11.9. The van der Waals surface area contributed by atoms with Gasteiger partial charge in [0.25, 0.3) is 0 Å². The summed E-state index contributed by atoms with van der Waals surface area (Å²) in [5.41, 5.74) is 0. The Hall–Kier alpha value is -0.370. The van der Waals surface area contributed by atoms with Crippen LogP contribution in [0.3, 0.4) is 0 Å². The normalized spacial score (nSPS) is 13.3. The van der Waals surface area contributed by atoms with Gasteiger partial charge in [0, 0.05) is 11.1 Å². The van der Waals surface area contributed by atoms with Crippen LogP contribution in [0.5, 0.6) is 0 Å². The molecule has 16 heavy (non-hydrogen) atoms. The Bertz CT molecular complexity index is 291. The molecule has 0 saturated carbocycles. The molecule has 0 aliphatic carbocycles. The first-order chi connectivity index (χ1) is 7.58. The maximum absolute atomic E-state index is 4.30. The molecule has 1 atom stereocenters. The first-order valence-electron chi connectivity index (χ1n) is 6.49. The lowest BCUT2D eigenvalue weighted by atomic mass is 9.96. The second kappa shape index (κ2) is 7.05. The van der Waals surface area contributed by atoms with Crippen LogP contribution >= 0.6 is 11.3 Å². The molecule has 1 heterocycles. The van der Waals surface area contributed by atoms with Crippen LogP contribution in [0.1, 0.15) is 56.3 Å². The second-order valence-corrected chi connectivity index (χ2v) is 6.63. The molecule has 0 bridgehead atoms. The molecule has 0 radical (unpaired) electrons. The molecule has 0 saturated heterocycles. The van der Waals surface area contributed by atoms with Gasteiger partial charge in [-0.05, 0) is 31.6 Å². The van der Waals surface area contributed by atoms with Gasteiger partial charge in [-0.3, -0.25) is 0 Å². The Balaban J connectivity index is 2.12. The van der Waals surface area contributed by atoms with E-state index in [1.807, 2.05) is 17.5 Å². The highest BCUT2D eigenvalue weighted by Gasteiger charge is 2.05. The fourth-order valence-electron chi connectivity index (χ4n) is 1.93. The van der Waals surface area contributed by atoms with E-state index in [4.69, 9.17) is 0 Å². The fraction of sp³-hybridized carbons (Fsp3) is 0.786. The van der Waals surface area contributed by atoms with Gasteiger partial charge in [0.1, 0.15) is 0 Å². The van der Waals surface area contributed by atoms with Crippen LogP contribution in [-0.4, -0.2) is 4.98 Å². The third-order valence-electron chi connectivity index (χ3n) is 3.03. The summed E-state index contributed by atoms with van der Waals surface area (Å²) in [7, 11) is 0. The lowest BCUT2D eigenvalue weighted by molar-refractivity contribution is 0.437. The molecule has 2 heteroatoms. The van der Waals surface area contributed by atoms with Crippen molar-refractivity contribution in [1.82, 2.24) is 4.98 Å². The van der Waals surface area contributed by atoms with Crippen molar-refractivity contribution in [2.75, 3.05) is 0 Å². The average molecular weight is 239 g/mol. The average Bonchev–Trinajstić information content (AvgIpc) is 2.61. The van der Waals surface area contributed by atoms with E-state index in [0.717, 1.165) is 11.8 Å². The van der Waals surface area contributed by atoms with Crippen molar-refractivity contribution in [1.29, 1.82) is 0 Å². The van der Waals surface area contributed by atoms with Crippen molar-refractivity contribution in [3.05, 3.63) is 16.1 Å². The van der Waals surface area contributed by atoms with Crippen molar-refractivity contribution >= 4 is 11.3 Å². The van der Waals surface area contributed by atoms with E-state index in [2.05, 4.69) is 32.7 Å². The van der Waals surface area contributed by atoms with Crippen LogP contribution in [0.4, 0.5) is 0 Å². The Morgan fingerprint density at radius 1 is 1.19 bits per heavy atom. The van der Waals surface area contributed by atoms with Gasteiger partial charge in [0.15, 0.2) is 0 Å². The van der Waals surface area contributed by atoms with Gasteiger partial charge >= 0.3 is 0 Å². The first-order valence-corrected chi connectivity index (χ1v) is 7.31. The monoisotopic (exact) mass is 239 g/mol. The molecule has 0 aliphatic heterocycles. The number of aryl methyl sites for hydroxylation is 2. The Morgan fingerprint density at radius 3 is 2.50 bits per heavy atom. The van der Waals surface area contributed by atoms with E-state index in [1.165, 1.54) is 42.0 Å². The molecule has 1 nitrogen and oxygen atoms in total. The smallest absolute Gasteiger partial charge is 0.0896 e. The van der Waals surface area contributed by atoms with Crippen LogP contribution < -0.4 is 0 Å². The van der Waals surface area contributed by atoms with E-state index in [9.17, 15) is 0 Å². The van der Waals surface area contributed by atoms with Crippen LogP contribution in [0.15, 0.2) is 6.20 Å². The van der Waals surface area contributed by atoms with Gasteiger partial charge in [0.05, 0.1) is 5.01 Å². The van der Waals surface area contributed by atoms with Crippen LogP contribution in [0, 0.1) is 18.8 Å². The van der Waals surface area contributed by atoms with E-state index >= 15 is 0 Å². The molecule has 0 N–H and O–H groups in total. The summed E-state index contributed by atoms with van der Waals surface area (Å²) in [5.74, 6) is 1.72. The van der Waals surface area contributed by atoms with E-state index in [0.29, 0.717) is 0 Å². The standard InChI is InChI=1S/C14H25NS/c1-11(2)6-5-7-12(3)8-9-14-10-15-13(4)16-14/h10-12H,5-9H2,1-4H3. The minimum absolute atomic E-state index is 0.858. The van der Waals surface area contributed by atoms with Crippen molar-refractivity contribution < 1.29 is 0 Å². The van der Waals surface area contributed by atoms with Gasteiger partial charge in [-0.1, -0.05) is 40.0 Å². The molecular formula is C14H25NS. The predicted octanol–water partition coefficient (Wildman–Crippen LogP) is 4.85. The zero-order valence-electron chi connectivity index (χ0n) is 11.1. The summed E-state index contributed by atoms with van der Waals surface area (Å²) >= 11 is 1.85. The highest BCUT2D eigenvalue weighted by atomic mass is 32.1. The number of aromatic nitrogens is 1. The molecule has 0 aliphatic rings. The van der Waals surface area contributed by atoms with Gasteiger partial charge in [-0.2, -0.15) is 0 Å². The summed E-state index contributed by atoms with van der Waals surface area (Å²) < 4.78 is 0. The Labute approximate surface area is 104 Å². The van der Waals surface area contributed by atoms with E-state index < -0.39 is 0 Å². The quantitative estimate of drug-likeness (QED) is 0.663. The lowest BCUT2D eigenvalue weighted by Crippen LogP contribution is -1.98. The maximum Gasteiger partial charge on any atom is 0.0896 e. The van der Waals surface area contributed by atoms with Gasteiger partial charge < -0.3 is 0 Å². The van der Waals surface area contributed by atoms with Crippen LogP contribution in [0.2, 0.25) is 0 Å². The lowest BCUT2D eigenvalue weighted by Gasteiger charge is -2.11. The third kappa shape index (κ3) is 5.64. The van der Waals surface area contributed by atoms with E-state index in [-0.39, 0.29) is 0 Å². The minimum atomic E-state index is 0.858. The number of thiazole rings is 1. The third-order valence-corrected chi connectivity index (χ3v) is 4.00. The molecule has 1 aromatic rings. The molecule has 1 rings (SSSR count). The molecular weight excluding hydrogens is 214 g/mol. The molecule has 0 fully saturated rings.